The lowest BCUT2D eigenvalue weighted by atomic mass is 10.1. The van der Waals surface area contributed by atoms with Crippen LogP contribution in [0, 0.1) is 0 Å². The monoisotopic (exact) mass is 447 g/mol. The maximum Gasteiger partial charge on any atom is 0.259 e. The van der Waals surface area contributed by atoms with E-state index in [0.717, 1.165) is 17.7 Å². The average Bonchev–Trinajstić information content (AvgIpc) is 3.09. The Morgan fingerprint density at radius 2 is 2.03 bits per heavy atom. The van der Waals surface area contributed by atoms with Crippen LogP contribution in [-0.2, 0) is 13.1 Å². The van der Waals surface area contributed by atoms with E-state index in [9.17, 15) is 13.6 Å². The van der Waals surface area contributed by atoms with Crippen LogP contribution in [0.3, 0.4) is 0 Å². The third-order valence-corrected chi connectivity index (χ3v) is 5.04. The van der Waals surface area contributed by atoms with Gasteiger partial charge in [-0.05, 0) is 25.1 Å². The van der Waals surface area contributed by atoms with Crippen molar-refractivity contribution < 1.29 is 23.0 Å². The second kappa shape index (κ2) is 9.26. The maximum atomic E-state index is 14.3. The molecule has 0 N–H and O–H groups in total. The number of halogens is 3. The minimum atomic E-state index is -0.934. The number of carbonyl (C=O) groups excluding carboxylic acids is 1. The Morgan fingerprint density at radius 3 is 2.65 bits per heavy atom. The van der Waals surface area contributed by atoms with Crippen molar-refractivity contribution >= 4 is 23.1 Å². The van der Waals surface area contributed by atoms with Crippen molar-refractivity contribution in [3.63, 3.8) is 0 Å². The zero-order chi connectivity index (χ0) is 22.7. The summed E-state index contributed by atoms with van der Waals surface area (Å²) in [7, 11) is 3.06. The highest BCUT2D eigenvalue weighted by Gasteiger charge is 2.34. The standard InChI is InChI=1S/C22H20ClF2N3O3/c1-5-14(24)18(15(25)6-2)21-26-16-11-28(22(29)19(16)20(23)27-21)10-12-7-8-13(30-3)9-17(12)31-4/h5-9H,1,10-11H2,2-4H3/b15-6+,18-14-. The first-order valence-corrected chi connectivity index (χ1v) is 9.63. The van der Waals surface area contributed by atoms with Gasteiger partial charge in [-0.1, -0.05) is 24.3 Å². The highest BCUT2D eigenvalue weighted by Crippen LogP contribution is 2.34. The zero-order valence-electron chi connectivity index (χ0n) is 17.2. The number of rotatable bonds is 7. The number of nitrogens with zero attached hydrogens (tertiary/aromatic N) is 3. The molecule has 1 amide bonds. The van der Waals surface area contributed by atoms with Crippen molar-refractivity contribution in [2.24, 2.45) is 0 Å². The Bertz CT molecular complexity index is 1120. The Hall–Kier alpha value is -3.26. The molecule has 0 radical (unpaired) electrons. The lowest BCUT2D eigenvalue weighted by molar-refractivity contribution is 0.0765. The van der Waals surface area contributed by atoms with Gasteiger partial charge in [-0.3, -0.25) is 4.79 Å². The van der Waals surface area contributed by atoms with Crippen LogP contribution in [0.15, 0.2) is 48.6 Å². The quantitative estimate of drug-likeness (QED) is 0.439. The van der Waals surface area contributed by atoms with Crippen molar-refractivity contribution in [1.29, 1.82) is 0 Å². The summed E-state index contributed by atoms with van der Waals surface area (Å²) in [6, 6.07) is 5.25. The predicted octanol–water partition coefficient (Wildman–Crippen LogP) is 5.04. The van der Waals surface area contributed by atoms with Crippen molar-refractivity contribution in [1.82, 2.24) is 14.9 Å². The summed E-state index contributed by atoms with van der Waals surface area (Å²) < 4.78 is 39.1. The molecule has 162 valence electrons. The highest BCUT2D eigenvalue weighted by atomic mass is 35.5. The summed E-state index contributed by atoms with van der Waals surface area (Å²) >= 11 is 6.22. The van der Waals surface area contributed by atoms with Gasteiger partial charge in [0.1, 0.15) is 33.9 Å². The molecule has 0 atom stereocenters. The number of methoxy groups -OCH3 is 2. The number of amides is 1. The van der Waals surface area contributed by atoms with Crippen LogP contribution in [-0.4, -0.2) is 35.0 Å². The molecule has 1 aromatic carbocycles. The van der Waals surface area contributed by atoms with Crippen LogP contribution in [0.25, 0.3) is 5.57 Å². The molecule has 0 saturated carbocycles. The van der Waals surface area contributed by atoms with Gasteiger partial charge in [-0.2, -0.15) is 0 Å². The third kappa shape index (κ3) is 4.29. The van der Waals surface area contributed by atoms with Crippen LogP contribution in [0.2, 0.25) is 5.15 Å². The second-order valence-electron chi connectivity index (χ2n) is 6.56. The lowest BCUT2D eigenvalue weighted by Crippen LogP contribution is -2.23. The van der Waals surface area contributed by atoms with E-state index in [0.29, 0.717) is 11.5 Å². The minimum absolute atomic E-state index is 0.0963. The number of benzene rings is 1. The molecule has 31 heavy (non-hydrogen) atoms. The SMILES string of the molecule is C=C/C(F)=C(\C(F)=C/C)c1nc(Cl)c2c(n1)CN(Cc1ccc(OC)cc1OC)C2=O. The Labute approximate surface area is 183 Å². The molecule has 1 aromatic heterocycles. The predicted molar refractivity (Wildman–Crippen MR) is 113 cm³/mol. The fraction of sp³-hybridized carbons (Fsp3) is 0.227. The molecule has 2 heterocycles. The molecule has 1 aliphatic heterocycles. The van der Waals surface area contributed by atoms with E-state index < -0.39 is 17.2 Å². The number of aromatic nitrogens is 2. The van der Waals surface area contributed by atoms with Gasteiger partial charge in [0.25, 0.3) is 5.91 Å². The smallest absolute Gasteiger partial charge is 0.259 e. The van der Waals surface area contributed by atoms with Gasteiger partial charge in [0, 0.05) is 11.6 Å². The molecular formula is C22H20ClF2N3O3. The van der Waals surface area contributed by atoms with E-state index in [1.165, 1.54) is 18.9 Å². The molecule has 2 aromatic rings. The first-order chi connectivity index (χ1) is 14.8. The number of hydrogen-bond acceptors (Lipinski definition) is 5. The highest BCUT2D eigenvalue weighted by molar-refractivity contribution is 6.33. The van der Waals surface area contributed by atoms with E-state index in [4.69, 9.17) is 21.1 Å². The number of hydrogen-bond donors (Lipinski definition) is 0. The average molecular weight is 448 g/mol. The fourth-order valence-corrected chi connectivity index (χ4v) is 3.49. The Kier molecular flexibility index (Phi) is 6.70. The number of carbonyl (C=O) groups is 1. The maximum absolute atomic E-state index is 14.3. The summed E-state index contributed by atoms with van der Waals surface area (Å²) in [5, 5.41) is -0.174. The Balaban J connectivity index is 1.98. The zero-order valence-corrected chi connectivity index (χ0v) is 18.0. The first-order valence-electron chi connectivity index (χ1n) is 9.25. The van der Waals surface area contributed by atoms with Crippen molar-refractivity contribution in [2.75, 3.05) is 14.2 Å². The molecule has 3 rings (SSSR count). The number of ether oxygens (including phenoxy) is 2. The van der Waals surface area contributed by atoms with E-state index in [-0.39, 0.29) is 41.2 Å². The molecule has 0 bridgehead atoms. The molecule has 0 aliphatic carbocycles. The van der Waals surface area contributed by atoms with Gasteiger partial charge in [0.15, 0.2) is 5.82 Å². The molecule has 0 spiro atoms. The minimum Gasteiger partial charge on any atom is -0.497 e. The van der Waals surface area contributed by atoms with Crippen molar-refractivity contribution in [2.45, 2.75) is 20.0 Å². The number of allylic oxidation sites excluding steroid dienone is 5. The van der Waals surface area contributed by atoms with Gasteiger partial charge in [0.2, 0.25) is 0 Å². The van der Waals surface area contributed by atoms with E-state index >= 15 is 0 Å². The van der Waals surface area contributed by atoms with E-state index in [1.807, 2.05) is 0 Å². The third-order valence-electron chi connectivity index (χ3n) is 4.77. The summed E-state index contributed by atoms with van der Waals surface area (Å²) in [4.78, 5) is 22.6. The van der Waals surface area contributed by atoms with E-state index in [2.05, 4.69) is 16.5 Å². The van der Waals surface area contributed by atoms with Gasteiger partial charge in [-0.15, -0.1) is 0 Å². The summed E-state index contributed by atoms with van der Waals surface area (Å²) in [6.45, 7) is 5.04. The van der Waals surface area contributed by atoms with Gasteiger partial charge < -0.3 is 14.4 Å². The van der Waals surface area contributed by atoms with Gasteiger partial charge in [-0.25, -0.2) is 18.7 Å². The molecular weight excluding hydrogens is 428 g/mol. The van der Waals surface area contributed by atoms with Crippen molar-refractivity contribution in [3.8, 4) is 11.5 Å². The normalized spacial score (nSPS) is 14.3. The molecule has 0 unspecified atom stereocenters. The van der Waals surface area contributed by atoms with Gasteiger partial charge in [0.05, 0.1) is 38.6 Å². The molecule has 1 aliphatic rings. The lowest BCUT2D eigenvalue weighted by Gasteiger charge is -2.18. The number of fused-ring (bicyclic) bond motifs is 1. The molecule has 0 fully saturated rings. The topological polar surface area (TPSA) is 64.6 Å². The van der Waals surface area contributed by atoms with Crippen LogP contribution in [0.5, 0.6) is 11.5 Å². The molecule has 6 nitrogen and oxygen atoms in total. The van der Waals surface area contributed by atoms with Gasteiger partial charge >= 0.3 is 0 Å². The largest absolute Gasteiger partial charge is 0.497 e. The van der Waals surface area contributed by atoms with Crippen LogP contribution >= 0.6 is 11.6 Å². The molecule has 0 saturated heterocycles. The van der Waals surface area contributed by atoms with Crippen LogP contribution in [0.4, 0.5) is 8.78 Å². The fourth-order valence-electron chi connectivity index (χ4n) is 3.22. The first kappa shape index (κ1) is 22.4. The second-order valence-corrected chi connectivity index (χ2v) is 6.92. The Morgan fingerprint density at radius 1 is 1.29 bits per heavy atom. The molecule has 9 heteroatoms. The van der Waals surface area contributed by atoms with Crippen molar-refractivity contribution in [3.05, 3.63) is 76.4 Å². The summed E-state index contributed by atoms with van der Waals surface area (Å²) in [6.07, 6.45) is 1.94. The van der Waals surface area contributed by atoms with E-state index in [1.54, 1.807) is 25.3 Å². The van der Waals surface area contributed by atoms with Crippen LogP contribution in [0.1, 0.15) is 34.4 Å². The summed E-state index contributed by atoms with van der Waals surface area (Å²) in [5.41, 5.74) is 0.666. The van der Waals surface area contributed by atoms with Crippen LogP contribution < -0.4 is 9.47 Å². The summed E-state index contributed by atoms with van der Waals surface area (Å²) in [5.74, 6) is -1.27.